The fourth-order valence-corrected chi connectivity index (χ4v) is 6.20. The van der Waals surface area contributed by atoms with Gasteiger partial charge in [-0.15, -0.1) is 19.5 Å². The number of alkyl halides is 5. The lowest BCUT2D eigenvalue weighted by atomic mass is 10.2. The molecule has 3 nitrogen and oxygen atoms in total. The van der Waals surface area contributed by atoms with Crippen molar-refractivity contribution < 1.29 is 22.0 Å². The highest BCUT2D eigenvalue weighted by atomic mass is 79.9. The van der Waals surface area contributed by atoms with Gasteiger partial charge in [-0.25, -0.2) is 9.97 Å². The number of aromatic amines is 1. The Bertz CT molecular complexity index is 1210. The summed E-state index contributed by atoms with van der Waals surface area (Å²) in [6, 6.07) is 6.73. The fourth-order valence-electron chi connectivity index (χ4n) is 2.56. The summed E-state index contributed by atoms with van der Waals surface area (Å²) in [6.07, 6.45) is -5.67. The number of H-pyrrole nitrogens is 1. The smallest absolute Gasteiger partial charge is 0.331 e. The van der Waals surface area contributed by atoms with Gasteiger partial charge in [0.25, 0.3) is 0 Å². The van der Waals surface area contributed by atoms with Crippen LogP contribution in [0.25, 0.3) is 31.8 Å². The van der Waals surface area contributed by atoms with E-state index in [9.17, 15) is 22.0 Å². The number of hydrogen-bond donors (Lipinski definition) is 1. The highest BCUT2D eigenvalue weighted by molar-refractivity contribution is 9.13. The lowest BCUT2D eigenvalue weighted by Crippen LogP contribution is -2.33. The van der Waals surface area contributed by atoms with Crippen molar-refractivity contribution in [3.63, 3.8) is 0 Å². The van der Waals surface area contributed by atoms with Crippen LogP contribution in [0.3, 0.4) is 0 Å². The molecule has 4 aromatic rings. The van der Waals surface area contributed by atoms with Crippen LogP contribution in [0.5, 0.6) is 0 Å². The second kappa shape index (κ2) is 7.40. The number of rotatable bonds is 3. The Labute approximate surface area is 190 Å². The molecule has 3 aromatic heterocycles. The van der Waals surface area contributed by atoms with Crippen molar-refractivity contribution in [2.75, 3.05) is 0 Å². The molecule has 0 aliphatic rings. The number of aromatic nitrogens is 3. The maximum Gasteiger partial charge on any atom is 0.460 e. The van der Waals surface area contributed by atoms with Gasteiger partial charge in [0.2, 0.25) is 0 Å². The van der Waals surface area contributed by atoms with Crippen molar-refractivity contribution in [2.24, 2.45) is 0 Å². The minimum absolute atomic E-state index is 0.124. The van der Waals surface area contributed by atoms with E-state index in [0.29, 0.717) is 30.2 Å². The molecule has 3 heterocycles. The third kappa shape index (κ3) is 3.82. The minimum atomic E-state index is -5.67. The summed E-state index contributed by atoms with van der Waals surface area (Å²) in [7, 11) is -0.842. The molecule has 0 saturated carbocycles. The van der Waals surface area contributed by atoms with Crippen LogP contribution in [0.4, 0.5) is 22.0 Å². The van der Waals surface area contributed by atoms with Crippen molar-refractivity contribution in [1.82, 2.24) is 15.0 Å². The van der Waals surface area contributed by atoms with E-state index in [1.165, 1.54) is 17.4 Å². The van der Waals surface area contributed by atoms with E-state index in [1.807, 2.05) is 12.1 Å². The Kier molecular flexibility index (Phi) is 5.47. The number of nitrogens with zero attached hydrogens (tertiary/aromatic N) is 2. The predicted molar refractivity (Wildman–Crippen MR) is 115 cm³/mol. The van der Waals surface area contributed by atoms with Gasteiger partial charge in [-0.3, -0.25) is 0 Å². The molecule has 0 fully saturated rings. The standard InChI is InChI=1S/C16H6Br3F5N3PS/c17-6-4-8-7(25-14(28-8)15(20,21)16(22,23)24)3-5(6)9-1-2-10(29-9)13-26-11(18)12(19)27-13/h1-4,28H,(H,26,27). The predicted octanol–water partition coefficient (Wildman–Crippen LogP) is 8.33. The molecule has 1 N–H and O–H groups in total. The first-order valence-corrected chi connectivity index (χ1v) is 11.8. The quantitative estimate of drug-likeness (QED) is 0.230. The van der Waals surface area contributed by atoms with Crippen molar-refractivity contribution in [1.29, 1.82) is 0 Å². The van der Waals surface area contributed by atoms with E-state index in [-0.39, 0.29) is 5.52 Å². The van der Waals surface area contributed by atoms with E-state index < -0.39 is 25.7 Å². The summed E-state index contributed by atoms with van der Waals surface area (Å²) in [5, 5.41) is 0.343. The molecule has 0 aliphatic carbocycles. The molecule has 4 rings (SSSR count). The van der Waals surface area contributed by atoms with E-state index in [2.05, 4.69) is 62.7 Å². The van der Waals surface area contributed by atoms with E-state index in [1.54, 1.807) is 6.07 Å². The molecule has 0 amide bonds. The normalized spacial score (nSPS) is 13.1. The number of imidazole rings is 1. The first kappa shape index (κ1) is 21.4. The maximum atomic E-state index is 13.7. The molecule has 0 saturated heterocycles. The van der Waals surface area contributed by atoms with Crippen LogP contribution in [-0.4, -0.2) is 21.1 Å². The van der Waals surface area contributed by atoms with Gasteiger partial charge in [0.1, 0.15) is 20.5 Å². The Balaban J connectivity index is 1.76. The van der Waals surface area contributed by atoms with Gasteiger partial charge in [-0.2, -0.15) is 22.0 Å². The molecule has 29 heavy (non-hydrogen) atoms. The van der Waals surface area contributed by atoms with Crippen molar-refractivity contribution in [3.8, 4) is 21.1 Å². The van der Waals surface area contributed by atoms with Crippen molar-refractivity contribution in [2.45, 2.75) is 12.1 Å². The lowest BCUT2D eigenvalue weighted by molar-refractivity contribution is -0.289. The van der Waals surface area contributed by atoms with E-state index in [4.69, 9.17) is 0 Å². The topological polar surface area (TPSA) is 41.6 Å². The number of benzene rings is 1. The van der Waals surface area contributed by atoms with Gasteiger partial charge < -0.3 is 4.98 Å². The zero-order chi connectivity index (χ0) is 21.1. The van der Waals surface area contributed by atoms with Crippen LogP contribution in [0.1, 0.15) is 5.43 Å². The van der Waals surface area contributed by atoms with Gasteiger partial charge in [-0.05, 0) is 56.1 Å². The number of nitrogens with one attached hydrogen (secondary N) is 1. The third-order valence-corrected chi connectivity index (χ3v) is 8.74. The van der Waals surface area contributed by atoms with E-state index in [0.717, 1.165) is 9.75 Å². The Hall–Kier alpha value is -0.810. The fraction of sp³-hybridized carbons (Fsp3) is 0.125. The Morgan fingerprint density at radius 2 is 1.66 bits per heavy atom. The van der Waals surface area contributed by atoms with Crippen LogP contribution >= 0.6 is 67.3 Å². The van der Waals surface area contributed by atoms with E-state index >= 15 is 0 Å². The Morgan fingerprint density at radius 3 is 2.28 bits per heavy atom. The van der Waals surface area contributed by atoms with Gasteiger partial charge in [0, 0.05) is 20.0 Å². The second-order valence-electron chi connectivity index (χ2n) is 5.86. The van der Waals surface area contributed by atoms with Crippen molar-refractivity contribution >= 4 is 78.0 Å². The first-order valence-electron chi connectivity index (χ1n) is 7.63. The summed E-state index contributed by atoms with van der Waals surface area (Å²) in [4.78, 5) is 12.6. The summed E-state index contributed by atoms with van der Waals surface area (Å²) in [6.45, 7) is 0. The molecule has 1 atom stereocenters. The lowest BCUT2D eigenvalue weighted by Gasteiger charge is -2.16. The minimum Gasteiger partial charge on any atom is -0.331 e. The largest absolute Gasteiger partial charge is 0.460 e. The molecule has 0 radical (unpaired) electrons. The second-order valence-corrected chi connectivity index (χ2v) is 10.6. The molecular formula is C16H6Br3F5N3PS. The van der Waals surface area contributed by atoms with Crippen LogP contribution in [0.15, 0.2) is 37.9 Å². The highest BCUT2D eigenvalue weighted by Crippen LogP contribution is 2.49. The molecule has 0 aliphatic heterocycles. The maximum absolute atomic E-state index is 13.7. The zero-order valence-corrected chi connectivity index (χ0v) is 20.2. The summed E-state index contributed by atoms with van der Waals surface area (Å²) in [5.41, 5.74) is -0.394. The molecule has 1 aromatic carbocycles. The third-order valence-electron chi connectivity index (χ3n) is 3.95. The first-order chi connectivity index (χ1) is 13.5. The molecule has 0 bridgehead atoms. The number of thiophene rings is 1. The summed E-state index contributed by atoms with van der Waals surface area (Å²) < 4.78 is 67.3. The van der Waals surface area contributed by atoms with Gasteiger partial charge in [-0.1, -0.05) is 15.9 Å². The van der Waals surface area contributed by atoms with Gasteiger partial charge in [0.15, 0.2) is 0 Å². The molecule has 0 spiro atoms. The number of halogens is 8. The molecule has 152 valence electrons. The van der Waals surface area contributed by atoms with Gasteiger partial charge in [0.05, 0.1) is 10.4 Å². The van der Waals surface area contributed by atoms with Crippen LogP contribution < -0.4 is 0 Å². The van der Waals surface area contributed by atoms with Crippen LogP contribution in [0, 0.1) is 0 Å². The molecule has 1 unspecified atom stereocenters. The SMILES string of the molecule is FC(F)(F)C(F)(F)c1nc2cc(-c3ccc(-c4nc(Br)c(Br)[nH]4)s3)c(Br)cc2[pH]1. The zero-order valence-electron chi connectivity index (χ0n) is 13.6. The number of hydrogen-bond acceptors (Lipinski definition) is 3. The average Bonchev–Trinajstić information content (AvgIpc) is 3.32. The Morgan fingerprint density at radius 1 is 0.966 bits per heavy atom. The van der Waals surface area contributed by atoms with Crippen LogP contribution in [-0.2, 0) is 5.92 Å². The van der Waals surface area contributed by atoms with Crippen molar-refractivity contribution in [3.05, 3.63) is 43.4 Å². The molecular weight excluding hydrogens is 632 g/mol. The summed E-state index contributed by atoms with van der Waals surface area (Å²) >= 11 is 11.4. The number of fused-ring (bicyclic) bond motifs is 1. The van der Waals surface area contributed by atoms with Crippen LogP contribution in [0.2, 0.25) is 0 Å². The average molecular weight is 638 g/mol. The monoisotopic (exact) mass is 635 g/mol. The molecule has 13 heteroatoms. The highest BCUT2D eigenvalue weighted by Gasteiger charge is 2.60. The summed E-state index contributed by atoms with van der Waals surface area (Å²) in [5.74, 6) is -4.32. The van der Waals surface area contributed by atoms with Gasteiger partial charge >= 0.3 is 12.1 Å².